The summed E-state index contributed by atoms with van der Waals surface area (Å²) < 4.78 is 0. The van der Waals surface area contributed by atoms with Crippen molar-refractivity contribution >= 4 is 0 Å². The minimum atomic E-state index is 0.775. The van der Waals surface area contributed by atoms with Gasteiger partial charge in [0.2, 0.25) is 0 Å². The molecule has 0 bridgehead atoms. The molecule has 16 heavy (non-hydrogen) atoms. The standard InChI is InChI=1S/C14H28N2/c1-2-16-10-6-9-13(11-15)14(16)12-7-4-3-5-8-12/h12-14H,2-11,15H2,1H3/t13-,14-/m1/s1. The van der Waals surface area contributed by atoms with Crippen molar-refractivity contribution in [2.75, 3.05) is 19.6 Å². The molecule has 0 unspecified atom stereocenters. The van der Waals surface area contributed by atoms with Crippen LogP contribution in [0.5, 0.6) is 0 Å². The Hall–Kier alpha value is -0.0800. The van der Waals surface area contributed by atoms with Gasteiger partial charge in [0.05, 0.1) is 0 Å². The van der Waals surface area contributed by atoms with Gasteiger partial charge < -0.3 is 10.6 Å². The maximum Gasteiger partial charge on any atom is 0.0164 e. The second kappa shape index (κ2) is 6.02. The fourth-order valence-corrected chi connectivity index (χ4v) is 3.96. The van der Waals surface area contributed by atoms with Gasteiger partial charge in [0, 0.05) is 6.04 Å². The molecule has 1 saturated carbocycles. The summed E-state index contributed by atoms with van der Waals surface area (Å²) in [4.78, 5) is 2.72. The van der Waals surface area contributed by atoms with Crippen LogP contribution in [0, 0.1) is 11.8 Å². The van der Waals surface area contributed by atoms with Crippen molar-refractivity contribution < 1.29 is 0 Å². The molecule has 2 heteroatoms. The van der Waals surface area contributed by atoms with Crippen LogP contribution < -0.4 is 5.73 Å². The van der Waals surface area contributed by atoms with E-state index in [4.69, 9.17) is 5.73 Å². The number of hydrogen-bond donors (Lipinski definition) is 1. The first-order chi connectivity index (χ1) is 7.86. The van der Waals surface area contributed by atoms with Gasteiger partial charge in [-0.3, -0.25) is 0 Å². The summed E-state index contributed by atoms with van der Waals surface area (Å²) in [5.74, 6) is 1.72. The molecule has 0 radical (unpaired) electrons. The lowest BCUT2D eigenvalue weighted by Crippen LogP contribution is -2.51. The lowest BCUT2D eigenvalue weighted by Gasteiger charge is -2.46. The van der Waals surface area contributed by atoms with E-state index in [2.05, 4.69) is 11.8 Å². The topological polar surface area (TPSA) is 29.3 Å². The molecule has 1 saturated heterocycles. The zero-order valence-corrected chi connectivity index (χ0v) is 10.8. The number of nitrogens with zero attached hydrogens (tertiary/aromatic N) is 1. The third kappa shape index (κ3) is 2.60. The number of nitrogens with two attached hydrogens (primary N) is 1. The monoisotopic (exact) mass is 224 g/mol. The highest BCUT2D eigenvalue weighted by molar-refractivity contribution is 4.90. The first-order valence-corrected chi connectivity index (χ1v) is 7.31. The molecule has 1 heterocycles. The molecule has 0 aromatic rings. The molecular formula is C14H28N2. The number of hydrogen-bond acceptors (Lipinski definition) is 2. The highest BCUT2D eigenvalue weighted by atomic mass is 15.2. The fraction of sp³-hybridized carbons (Fsp3) is 1.00. The number of piperidine rings is 1. The van der Waals surface area contributed by atoms with Crippen LogP contribution in [-0.4, -0.2) is 30.6 Å². The van der Waals surface area contributed by atoms with Crippen molar-refractivity contribution in [2.45, 2.75) is 57.9 Å². The van der Waals surface area contributed by atoms with Gasteiger partial charge in [-0.15, -0.1) is 0 Å². The van der Waals surface area contributed by atoms with Crippen LogP contribution in [0.15, 0.2) is 0 Å². The van der Waals surface area contributed by atoms with Gasteiger partial charge in [0.15, 0.2) is 0 Å². The SMILES string of the molecule is CCN1CCC[C@H](CN)[C@H]1C1CCCCC1. The van der Waals surface area contributed by atoms with E-state index in [1.54, 1.807) is 0 Å². The summed E-state index contributed by atoms with van der Waals surface area (Å²) in [6.07, 6.45) is 10.0. The van der Waals surface area contributed by atoms with E-state index < -0.39 is 0 Å². The third-order valence-corrected chi connectivity index (χ3v) is 4.77. The normalized spacial score (nSPS) is 34.1. The Bertz CT molecular complexity index is 187. The van der Waals surface area contributed by atoms with E-state index in [-0.39, 0.29) is 0 Å². The molecule has 1 aliphatic carbocycles. The average Bonchev–Trinajstić information content (AvgIpc) is 2.38. The van der Waals surface area contributed by atoms with Crippen molar-refractivity contribution in [2.24, 2.45) is 17.6 Å². The van der Waals surface area contributed by atoms with E-state index in [9.17, 15) is 0 Å². The van der Waals surface area contributed by atoms with Crippen LogP contribution in [0.2, 0.25) is 0 Å². The first-order valence-electron chi connectivity index (χ1n) is 7.31. The van der Waals surface area contributed by atoms with Gasteiger partial charge in [0.25, 0.3) is 0 Å². The first kappa shape index (κ1) is 12.4. The summed E-state index contributed by atoms with van der Waals surface area (Å²) in [5, 5.41) is 0. The fourth-order valence-electron chi connectivity index (χ4n) is 3.96. The maximum atomic E-state index is 5.99. The average molecular weight is 224 g/mol. The minimum absolute atomic E-state index is 0.775. The summed E-state index contributed by atoms with van der Waals surface area (Å²) in [5.41, 5.74) is 5.99. The second-order valence-corrected chi connectivity index (χ2v) is 5.66. The van der Waals surface area contributed by atoms with Crippen molar-refractivity contribution in [3.8, 4) is 0 Å². The zero-order chi connectivity index (χ0) is 11.4. The summed E-state index contributed by atoms with van der Waals surface area (Å²) in [6.45, 7) is 5.75. The Kier molecular flexibility index (Phi) is 4.66. The molecular weight excluding hydrogens is 196 g/mol. The molecule has 1 aliphatic heterocycles. The van der Waals surface area contributed by atoms with Gasteiger partial charge in [-0.25, -0.2) is 0 Å². The van der Waals surface area contributed by atoms with Crippen molar-refractivity contribution in [3.63, 3.8) is 0 Å². The molecule has 2 rings (SSSR count). The van der Waals surface area contributed by atoms with Crippen molar-refractivity contribution in [3.05, 3.63) is 0 Å². The molecule has 2 aliphatic rings. The predicted octanol–water partition coefficient (Wildman–Crippen LogP) is 2.63. The molecule has 0 spiro atoms. The van der Waals surface area contributed by atoms with Crippen LogP contribution in [-0.2, 0) is 0 Å². The van der Waals surface area contributed by atoms with Crippen molar-refractivity contribution in [1.29, 1.82) is 0 Å². The second-order valence-electron chi connectivity index (χ2n) is 5.66. The summed E-state index contributed by atoms with van der Waals surface area (Å²) in [7, 11) is 0. The molecule has 94 valence electrons. The van der Waals surface area contributed by atoms with Gasteiger partial charge in [0.1, 0.15) is 0 Å². The number of likely N-dealkylation sites (tertiary alicyclic amines) is 1. The molecule has 2 N–H and O–H groups in total. The minimum Gasteiger partial charge on any atom is -0.330 e. The van der Waals surface area contributed by atoms with Crippen LogP contribution in [0.25, 0.3) is 0 Å². The highest BCUT2D eigenvalue weighted by Crippen LogP contribution is 2.36. The zero-order valence-electron chi connectivity index (χ0n) is 10.8. The molecule has 2 nitrogen and oxygen atoms in total. The quantitative estimate of drug-likeness (QED) is 0.798. The maximum absolute atomic E-state index is 5.99. The summed E-state index contributed by atoms with van der Waals surface area (Å²) in [6, 6.07) is 0.809. The molecule has 2 fully saturated rings. The Labute approximate surface area is 101 Å². The Morgan fingerprint density at radius 1 is 1.06 bits per heavy atom. The highest BCUT2D eigenvalue weighted by Gasteiger charge is 2.35. The Morgan fingerprint density at radius 3 is 2.44 bits per heavy atom. The van der Waals surface area contributed by atoms with Crippen LogP contribution in [0.4, 0.5) is 0 Å². The van der Waals surface area contributed by atoms with E-state index >= 15 is 0 Å². The molecule has 0 aromatic heterocycles. The largest absolute Gasteiger partial charge is 0.330 e. The smallest absolute Gasteiger partial charge is 0.0164 e. The van der Waals surface area contributed by atoms with Gasteiger partial charge >= 0.3 is 0 Å². The lowest BCUT2D eigenvalue weighted by molar-refractivity contribution is 0.0421. The van der Waals surface area contributed by atoms with Crippen LogP contribution in [0.3, 0.4) is 0 Å². The molecule has 0 aromatic carbocycles. The Morgan fingerprint density at radius 2 is 1.81 bits per heavy atom. The Balaban J connectivity index is 2.04. The van der Waals surface area contributed by atoms with E-state index in [0.29, 0.717) is 0 Å². The number of rotatable bonds is 3. The van der Waals surface area contributed by atoms with Gasteiger partial charge in [-0.1, -0.05) is 26.2 Å². The third-order valence-electron chi connectivity index (χ3n) is 4.77. The van der Waals surface area contributed by atoms with Gasteiger partial charge in [-0.05, 0) is 57.2 Å². The van der Waals surface area contributed by atoms with Gasteiger partial charge in [-0.2, -0.15) is 0 Å². The molecule has 2 atom stereocenters. The van der Waals surface area contributed by atoms with E-state index in [1.807, 2.05) is 0 Å². The summed E-state index contributed by atoms with van der Waals surface area (Å²) >= 11 is 0. The molecule has 0 amide bonds. The van der Waals surface area contributed by atoms with Crippen molar-refractivity contribution in [1.82, 2.24) is 4.90 Å². The van der Waals surface area contributed by atoms with E-state index in [1.165, 1.54) is 58.0 Å². The lowest BCUT2D eigenvalue weighted by atomic mass is 9.75. The van der Waals surface area contributed by atoms with Crippen LogP contribution >= 0.6 is 0 Å². The van der Waals surface area contributed by atoms with E-state index in [0.717, 1.165) is 24.4 Å². The van der Waals surface area contributed by atoms with Crippen LogP contribution in [0.1, 0.15) is 51.9 Å². The predicted molar refractivity (Wildman–Crippen MR) is 69.4 cm³/mol.